The fourth-order valence-corrected chi connectivity index (χ4v) is 1.57. The quantitative estimate of drug-likeness (QED) is 0.641. The Balaban J connectivity index is 2.37. The van der Waals surface area contributed by atoms with Crippen molar-refractivity contribution >= 4 is 0 Å². The summed E-state index contributed by atoms with van der Waals surface area (Å²) in [5.41, 5.74) is 0. The second-order valence-electron chi connectivity index (χ2n) is 3.08. The molecule has 1 saturated carbocycles. The van der Waals surface area contributed by atoms with Crippen LogP contribution in [0.2, 0.25) is 0 Å². The number of aliphatic hydroxyl groups excluding tert-OH is 1. The van der Waals surface area contributed by atoms with Gasteiger partial charge in [-0.2, -0.15) is 0 Å². The third-order valence-corrected chi connectivity index (χ3v) is 2.26. The van der Waals surface area contributed by atoms with Gasteiger partial charge < -0.3 is 14.6 Å². The Morgan fingerprint density at radius 2 is 1.45 bits per heavy atom. The van der Waals surface area contributed by atoms with E-state index >= 15 is 0 Å². The van der Waals surface area contributed by atoms with E-state index in [9.17, 15) is 5.11 Å². The molecule has 0 bridgehead atoms. The van der Waals surface area contributed by atoms with E-state index in [-0.39, 0.29) is 18.3 Å². The van der Waals surface area contributed by atoms with E-state index in [1.54, 1.807) is 14.2 Å². The zero-order chi connectivity index (χ0) is 8.27. The molecule has 0 aromatic heterocycles. The van der Waals surface area contributed by atoms with Crippen molar-refractivity contribution in [3.63, 3.8) is 0 Å². The molecular weight excluding hydrogens is 144 g/mol. The van der Waals surface area contributed by atoms with E-state index in [4.69, 9.17) is 9.47 Å². The smallest absolute Gasteiger partial charge is 0.0620 e. The Bertz CT molecular complexity index is 104. The van der Waals surface area contributed by atoms with Gasteiger partial charge in [-0.1, -0.05) is 0 Å². The molecule has 1 N–H and O–H groups in total. The minimum atomic E-state index is -0.251. The predicted octanol–water partition coefficient (Wildman–Crippen LogP) is 0.561. The molecule has 0 aliphatic heterocycles. The molecule has 0 aromatic carbocycles. The van der Waals surface area contributed by atoms with Crippen LogP contribution in [0.15, 0.2) is 0 Å². The SMILES string of the molecule is CO[C@H]1CC(O)C[C@H](OC)C1. The minimum absolute atomic E-state index is 0.170. The summed E-state index contributed by atoms with van der Waals surface area (Å²) < 4.78 is 10.3. The highest BCUT2D eigenvalue weighted by Gasteiger charge is 2.27. The zero-order valence-corrected chi connectivity index (χ0v) is 7.12. The van der Waals surface area contributed by atoms with Gasteiger partial charge in [-0.05, 0) is 19.3 Å². The van der Waals surface area contributed by atoms with Gasteiger partial charge >= 0.3 is 0 Å². The summed E-state index contributed by atoms with van der Waals surface area (Å²) in [5.74, 6) is 0. The third-order valence-electron chi connectivity index (χ3n) is 2.26. The molecule has 3 nitrogen and oxygen atoms in total. The molecule has 0 aromatic rings. The topological polar surface area (TPSA) is 38.7 Å². The van der Waals surface area contributed by atoms with Crippen molar-refractivity contribution in [3.8, 4) is 0 Å². The number of rotatable bonds is 2. The Labute approximate surface area is 67.3 Å². The van der Waals surface area contributed by atoms with Crippen LogP contribution in [-0.4, -0.2) is 37.6 Å². The Kier molecular flexibility index (Phi) is 3.30. The van der Waals surface area contributed by atoms with Crippen molar-refractivity contribution in [2.24, 2.45) is 0 Å². The first-order valence-corrected chi connectivity index (χ1v) is 4.00. The maximum absolute atomic E-state index is 9.35. The Morgan fingerprint density at radius 1 is 1.00 bits per heavy atom. The van der Waals surface area contributed by atoms with Gasteiger partial charge in [-0.3, -0.25) is 0 Å². The molecule has 3 heteroatoms. The second-order valence-corrected chi connectivity index (χ2v) is 3.08. The van der Waals surface area contributed by atoms with E-state index in [2.05, 4.69) is 0 Å². The van der Waals surface area contributed by atoms with E-state index in [1.807, 2.05) is 0 Å². The van der Waals surface area contributed by atoms with E-state index < -0.39 is 0 Å². The van der Waals surface area contributed by atoms with Gasteiger partial charge in [0, 0.05) is 14.2 Å². The van der Waals surface area contributed by atoms with Crippen molar-refractivity contribution in [3.05, 3.63) is 0 Å². The van der Waals surface area contributed by atoms with Crippen LogP contribution in [0.4, 0.5) is 0 Å². The Hall–Kier alpha value is -0.120. The molecule has 1 fully saturated rings. The van der Waals surface area contributed by atoms with Crippen molar-refractivity contribution < 1.29 is 14.6 Å². The highest BCUT2D eigenvalue weighted by molar-refractivity contribution is 4.79. The average molecular weight is 160 g/mol. The summed E-state index contributed by atoms with van der Waals surface area (Å²) in [6.45, 7) is 0. The van der Waals surface area contributed by atoms with Crippen molar-refractivity contribution in [2.75, 3.05) is 14.2 Å². The first kappa shape index (κ1) is 8.97. The van der Waals surface area contributed by atoms with Crippen LogP contribution >= 0.6 is 0 Å². The van der Waals surface area contributed by atoms with E-state index in [0.29, 0.717) is 0 Å². The number of methoxy groups -OCH3 is 2. The summed E-state index contributed by atoms with van der Waals surface area (Å²) in [6, 6.07) is 0. The lowest BCUT2D eigenvalue weighted by molar-refractivity contribution is -0.0569. The van der Waals surface area contributed by atoms with Crippen LogP contribution < -0.4 is 0 Å². The monoisotopic (exact) mass is 160 g/mol. The maximum atomic E-state index is 9.35. The summed E-state index contributed by atoms with van der Waals surface area (Å²) in [5, 5.41) is 9.35. The normalized spacial score (nSPS) is 39.0. The summed E-state index contributed by atoms with van der Waals surface area (Å²) >= 11 is 0. The lowest BCUT2D eigenvalue weighted by atomic mass is 9.92. The van der Waals surface area contributed by atoms with Crippen LogP contribution in [-0.2, 0) is 9.47 Å². The number of aliphatic hydroxyl groups is 1. The second kappa shape index (κ2) is 4.04. The van der Waals surface area contributed by atoms with Crippen LogP contribution in [0, 0.1) is 0 Å². The molecule has 1 rings (SSSR count). The third kappa shape index (κ3) is 2.43. The van der Waals surface area contributed by atoms with E-state index in [1.165, 1.54) is 0 Å². The van der Waals surface area contributed by atoms with Gasteiger partial charge in [0.25, 0.3) is 0 Å². The minimum Gasteiger partial charge on any atom is -0.393 e. The molecule has 0 unspecified atom stereocenters. The van der Waals surface area contributed by atoms with Gasteiger partial charge in [0.05, 0.1) is 18.3 Å². The van der Waals surface area contributed by atoms with Crippen LogP contribution in [0.25, 0.3) is 0 Å². The molecule has 0 radical (unpaired) electrons. The van der Waals surface area contributed by atoms with Gasteiger partial charge in [-0.15, -0.1) is 0 Å². The van der Waals surface area contributed by atoms with Crippen LogP contribution in [0.3, 0.4) is 0 Å². The Morgan fingerprint density at radius 3 is 1.82 bits per heavy atom. The molecule has 1 aliphatic carbocycles. The lowest BCUT2D eigenvalue weighted by Gasteiger charge is -2.30. The number of ether oxygens (including phenoxy) is 2. The maximum Gasteiger partial charge on any atom is 0.0620 e. The van der Waals surface area contributed by atoms with Crippen LogP contribution in [0.5, 0.6) is 0 Å². The predicted molar refractivity (Wildman–Crippen MR) is 41.5 cm³/mol. The molecule has 0 saturated heterocycles. The number of hydrogen-bond acceptors (Lipinski definition) is 3. The fourth-order valence-electron chi connectivity index (χ4n) is 1.57. The molecule has 11 heavy (non-hydrogen) atoms. The van der Waals surface area contributed by atoms with Crippen molar-refractivity contribution in [2.45, 2.75) is 37.6 Å². The van der Waals surface area contributed by atoms with Gasteiger partial charge in [0.2, 0.25) is 0 Å². The molecule has 1 aliphatic rings. The summed E-state index contributed by atoms with van der Waals surface area (Å²) in [7, 11) is 3.35. The molecule has 0 spiro atoms. The zero-order valence-electron chi connectivity index (χ0n) is 7.12. The molecule has 0 amide bonds. The van der Waals surface area contributed by atoms with Crippen LogP contribution in [0.1, 0.15) is 19.3 Å². The standard InChI is InChI=1S/C8H16O3/c1-10-7-3-6(9)4-8(5-7)11-2/h6-9H,3-5H2,1-2H3/t7-,8-/m0/s1. The first-order chi connectivity index (χ1) is 5.26. The molecule has 66 valence electrons. The fraction of sp³-hybridized carbons (Fsp3) is 1.00. The van der Waals surface area contributed by atoms with E-state index in [0.717, 1.165) is 19.3 Å². The van der Waals surface area contributed by atoms with Gasteiger partial charge in [0.1, 0.15) is 0 Å². The highest BCUT2D eigenvalue weighted by Crippen LogP contribution is 2.22. The molecule has 2 atom stereocenters. The number of hydrogen-bond donors (Lipinski definition) is 1. The van der Waals surface area contributed by atoms with Crippen molar-refractivity contribution in [1.29, 1.82) is 0 Å². The van der Waals surface area contributed by atoms with Crippen molar-refractivity contribution in [1.82, 2.24) is 0 Å². The molecule has 0 heterocycles. The lowest BCUT2D eigenvalue weighted by Crippen LogP contribution is -2.34. The molecular formula is C8H16O3. The first-order valence-electron chi connectivity index (χ1n) is 4.00. The summed E-state index contributed by atoms with van der Waals surface area (Å²) in [4.78, 5) is 0. The average Bonchev–Trinajstić information content (AvgIpc) is 2.03. The summed E-state index contributed by atoms with van der Waals surface area (Å²) in [6.07, 6.45) is 2.49. The van der Waals surface area contributed by atoms with Gasteiger partial charge in [-0.25, -0.2) is 0 Å². The highest BCUT2D eigenvalue weighted by atomic mass is 16.5. The van der Waals surface area contributed by atoms with Gasteiger partial charge in [0.15, 0.2) is 0 Å². The largest absolute Gasteiger partial charge is 0.393 e.